The average molecular weight is 380 g/mol. The maximum Gasteiger partial charge on any atom is 0.318 e. The summed E-state index contributed by atoms with van der Waals surface area (Å²) in [7, 11) is 0. The molecule has 2 N–H and O–H groups in total. The lowest BCUT2D eigenvalue weighted by molar-refractivity contribution is 0.00288. The minimum Gasteiger partial charge on any atom is -0.491 e. The van der Waals surface area contributed by atoms with Crippen LogP contribution < -0.4 is 10.1 Å². The third-order valence-electron chi connectivity index (χ3n) is 6.06. The van der Waals surface area contributed by atoms with Gasteiger partial charge in [0.2, 0.25) is 0 Å². The minimum absolute atomic E-state index is 0.0571. The molecular weight excluding hydrogens is 352 g/mol. The molecule has 2 aliphatic heterocycles. The number of carbonyl (C=O) groups excluding carboxylic acids is 1. The molecule has 28 heavy (non-hydrogen) atoms. The Hall–Kier alpha value is -2.53. The molecule has 2 bridgehead atoms. The van der Waals surface area contributed by atoms with Crippen LogP contribution in [0.1, 0.15) is 30.9 Å². The van der Waals surface area contributed by atoms with E-state index < -0.39 is 0 Å². The molecule has 148 valence electrons. The Morgan fingerprint density at radius 3 is 2.50 bits per heavy atom. The highest BCUT2D eigenvalue weighted by molar-refractivity contribution is 5.75. The van der Waals surface area contributed by atoms with Crippen molar-refractivity contribution in [3.63, 3.8) is 0 Å². The largest absolute Gasteiger partial charge is 0.491 e. The lowest BCUT2D eigenvalue weighted by Gasteiger charge is -2.49. The summed E-state index contributed by atoms with van der Waals surface area (Å²) in [4.78, 5) is 15.1. The zero-order chi connectivity index (χ0) is 19.3. The van der Waals surface area contributed by atoms with Gasteiger partial charge >= 0.3 is 6.03 Å². The van der Waals surface area contributed by atoms with Crippen molar-refractivity contribution in [2.45, 2.75) is 31.3 Å². The second-order valence-corrected chi connectivity index (χ2v) is 7.88. The number of amides is 2. The summed E-state index contributed by atoms with van der Waals surface area (Å²) in [6.07, 6.45) is 3.17. The molecule has 3 fully saturated rings. The summed E-state index contributed by atoms with van der Waals surface area (Å²) < 4.78 is 5.94. The Kier molecular flexibility index (Phi) is 5.81. The Bertz CT molecular complexity index is 768. The molecule has 5 rings (SSSR count). The highest BCUT2D eigenvalue weighted by atomic mass is 16.5. The predicted molar refractivity (Wildman–Crippen MR) is 108 cm³/mol. The van der Waals surface area contributed by atoms with Crippen LogP contribution in [0.5, 0.6) is 5.75 Å². The molecule has 2 aromatic rings. The number of hydrogen-bond acceptors (Lipinski definition) is 3. The first kappa shape index (κ1) is 18.8. The maximum absolute atomic E-state index is 13.1. The van der Waals surface area contributed by atoms with Crippen LogP contribution >= 0.6 is 0 Å². The van der Waals surface area contributed by atoms with E-state index in [9.17, 15) is 9.90 Å². The zero-order valence-corrected chi connectivity index (χ0v) is 16.0. The lowest BCUT2D eigenvalue weighted by atomic mass is 9.73. The van der Waals surface area contributed by atoms with Gasteiger partial charge in [0.25, 0.3) is 0 Å². The molecule has 3 aliphatic rings. The quantitative estimate of drug-likeness (QED) is 0.805. The molecule has 5 heteroatoms. The van der Waals surface area contributed by atoms with Crippen LogP contribution in [0.4, 0.5) is 4.79 Å². The molecule has 2 saturated heterocycles. The van der Waals surface area contributed by atoms with E-state index in [1.54, 1.807) is 0 Å². The van der Waals surface area contributed by atoms with Crippen molar-refractivity contribution >= 4 is 6.03 Å². The van der Waals surface area contributed by atoms with Gasteiger partial charge in [-0.15, -0.1) is 0 Å². The summed E-state index contributed by atoms with van der Waals surface area (Å²) in [5.41, 5.74) is 1.02. The molecule has 0 spiro atoms. The molecule has 4 unspecified atom stereocenters. The first-order chi connectivity index (χ1) is 13.7. The van der Waals surface area contributed by atoms with Crippen LogP contribution in [0.2, 0.25) is 0 Å². The van der Waals surface area contributed by atoms with E-state index >= 15 is 0 Å². The van der Waals surface area contributed by atoms with Crippen LogP contribution in [0.15, 0.2) is 60.7 Å². The van der Waals surface area contributed by atoms with Gasteiger partial charge in [0.15, 0.2) is 0 Å². The number of nitrogens with one attached hydrogen (secondary N) is 1. The number of nitrogens with zero attached hydrogens (tertiary/aromatic N) is 1. The van der Waals surface area contributed by atoms with Gasteiger partial charge in [0.1, 0.15) is 12.4 Å². The van der Waals surface area contributed by atoms with Crippen LogP contribution in [0, 0.1) is 11.8 Å². The number of carbonyl (C=O) groups is 1. The standard InChI is InChI=1S/C23H28N2O3/c26-15-19-13-17-11-12-22(19)25(14-17)23(27)24-21(18-7-3-1-4-8-18)16-28-20-9-5-2-6-10-20/h1-10,17,19,21-22,26H,11-16H2,(H,24,27). The molecular formula is C23H28N2O3. The van der Waals surface area contributed by atoms with E-state index in [0.717, 1.165) is 37.1 Å². The number of hydrogen-bond donors (Lipinski definition) is 2. The number of ether oxygens (including phenoxy) is 1. The Balaban J connectivity index is 1.46. The Morgan fingerprint density at radius 1 is 1.11 bits per heavy atom. The number of fused-ring (bicyclic) bond motifs is 3. The summed E-state index contributed by atoms with van der Waals surface area (Å²) in [6.45, 7) is 1.31. The van der Waals surface area contributed by atoms with E-state index in [1.807, 2.05) is 65.6 Å². The SMILES string of the molecule is O=C(NC(COc1ccccc1)c1ccccc1)N1CC2CCC1C(CO)C2. The number of rotatable bonds is 6. The Labute approximate surface area is 166 Å². The normalized spacial score (nSPS) is 24.6. The van der Waals surface area contributed by atoms with E-state index in [4.69, 9.17) is 4.74 Å². The van der Waals surface area contributed by atoms with E-state index in [1.165, 1.54) is 0 Å². The van der Waals surface area contributed by atoms with Crippen molar-refractivity contribution in [3.8, 4) is 5.75 Å². The first-order valence-corrected chi connectivity index (χ1v) is 10.2. The summed E-state index contributed by atoms with van der Waals surface area (Å²) in [5.74, 6) is 1.49. The smallest absolute Gasteiger partial charge is 0.318 e. The third kappa shape index (κ3) is 4.14. The fraction of sp³-hybridized carbons (Fsp3) is 0.435. The van der Waals surface area contributed by atoms with E-state index in [-0.39, 0.29) is 30.6 Å². The van der Waals surface area contributed by atoms with Crippen LogP contribution in [0.25, 0.3) is 0 Å². The van der Waals surface area contributed by atoms with Gasteiger partial charge in [-0.05, 0) is 42.9 Å². The number of aliphatic hydroxyl groups is 1. The first-order valence-electron chi connectivity index (χ1n) is 10.2. The van der Waals surface area contributed by atoms with Crippen molar-refractivity contribution in [2.24, 2.45) is 11.8 Å². The van der Waals surface area contributed by atoms with Crippen molar-refractivity contribution in [1.29, 1.82) is 0 Å². The summed E-state index contributed by atoms with van der Waals surface area (Å²) in [6, 6.07) is 19.4. The number of benzene rings is 2. The molecule has 2 heterocycles. The van der Waals surface area contributed by atoms with E-state index in [0.29, 0.717) is 12.5 Å². The average Bonchev–Trinajstić information content (AvgIpc) is 2.78. The van der Waals surface area contributed by atoms with Gasteiger partial charge in [-0.25, -0.2) is 4.79 Å². The van der Waals surface area contributed by atoms with Gasteiger partial charge in [-0.1, -0.05) is 48.5 Å². The van der Waals surface area contributed by atoms with Crippen LogP contribution in [-0.2, 0) is 0 Å². The van der Waals surface area contributed by atoms with Gasteiger partial charge in [0.05, 0.1) is 6.04 Å². The molecule has 0 aromatic heterocycles. The second kappa shape index (κ2) is 8.65. The highest BCUT2D eigenvalue weighted by Gasteiger charge is 2.42. The van der Waals surface area contributed by atoms with Crippen LogP contribution in [-0.4, -0.2) is 41.8 Å². The van der Waals surface area contributed by atoms with Crippen molar-refractivity contribution in [2.75, 3.05) is 19.8 Å². The van der Waals surface area contributed by atoms with Crippen molar-refractivity contribution in [3.05, 3.63) is 66.2 Å². The molecule has 1 aliphatic carbocycles. The van der Waals surface area contributed by atoms with E-state index in [2.05, 4.69) is 5.32 Å². The maximum atomic E-state index is 13.1. The lowest BCUT2D eigenvalue weighted by Crippen LogP contribution is -2.59. The topological polar surface area (TPSA) is 61.8 Å². The number of para-hydroxylation sites is 1. The zero-order valence-electron chi connectivity index (χ0n) is 16.0. The predicted octanol–water partition coefficient (Wildman–Crippen LogP) is 3.61. The molecule has 2 aromatic carbocycles. The van der Waals surface area contributed by atoms with Gasteiger partial charge < -0.3 is 20.1 Å². The van der Waals surface area contributed by atoms with Crippen molar-refractivity contribution in [1.82, 2.24) is 10.2 Å². The second-order valence-electron chi connectivity index (χ2n) is 7.88. The number of aliphatic hydroxyl groups excluding tert-OH is 1. The van der Waals surface area contributed by atoms with Gasteiger partial charge in [0, 0.05) is 25.1 Å². The highest BCUT2D eigenvalue weighted by Crippen LogP contribution is 2.39. The minimum atomic E-state index is -0.234. The fourth-order valence-electron chi connectivity index (χ4n) is 4.60. The number of piperidine rings is 2. The molecule has 2 amide bonds. The monoisotopic (exact) mass is 380 g/mol. The fourth-order valence-corrected chi connectivity index (χ4v) is 4.60. The summed E-state index contributed by atoms with van der Waals surface area (Å²) >= 11 is 0. The Morgan fingerprint density at radius 2 is 1.82 bits per heavy atom. The van der Waals surface area contributed by atoms with Crippen molar-refractivity contribution < 1.29 is 14.6 Å². The van der Waals surface area contributed by atoms with Gasteiger partial charge in [-0.2, -0.15) is 0 Å². The molecule has 1 saturated carbocycles. The summed E-state index contributed by atoms with van der Waals surface area (Å²) in [5, 5.41) is 12.9. The molecule has 4 atom stereocenters. The number of urea groups is 1. The third-order valence-corrected chi connectivity index (χ3v) is 6.06. The van der Waals surface area contributed by atoms with Crippen LogP contribution in [0.3, 0.4) is 0 Å². The van der Waals surface area contributed by atoms with Gasteiger partial charge in [-0.3, -0.25) is 0 Å². The molecule has 0 radical (unpaired) electrons. The molecule has 5 nitrogen and oxygen atoms in total.